The van der Waals surface area contributed by atoms with E-state index in [-0.39, 0.29) is 18.4 Å². The summed E-state index contributed by atoms with van der Waals surface area (Å²) >= 11 is 0. The van der Waals surface area contributed by atoms with Gasteiger partial charge in [0.25, 0.3) is 5.91 Å². The minimum Gasteiger partial charge on any atom is -0.497 e. The van der Waals surface area contributed by atoms with E-state index in [4.69, 9.17) is 4.74 Å². The second-order valence-electron chi connectivity index (χ2n) is 7.76. The monoisotopic (exact) mass is 409 g/mol. The fraction of sp³-hybridized carbons (Fsp3) is 0.417. The topological polar surface area (TPSA) is 70.7 Å². The Labute approximate surface area is 178 Å². The molecule has 6 heteroatoms. The zero-order valence-electron chi connectivity index (χ0n) is 17.8. The van der Waals surface area contributed by atoms with Crippen molar-refractivity contribution < 1.29 is 14.3 Å². The van der Waals surface area contributed by atoms with Gasteiger partial charge in [0.1, 0.15) is 5.75 Å². The van der Waals surface area contributed by atoms with Crippen molar-refractivity contribution >= 4 is 17.5 Å². The first kappa shape index (κ1) is 21.7. The van der Waals surface area contributed by atoms with E-state index in [1.807, 2.05) is 12.1 Å². The van der Waals surface area contributed by atoms with Crippen molar-refractivity contribution in [3.63, 3.8) is 0 Å². The highest BCUT2D eigenvalue weighted by Gasteiger charge is 2.18. The Bertz CT molecular complexity index is 828. The van der Waals surface area contributed by atoms with Crippen molar-refractivity contribution in [1.29, 1.82) is 0 Å². The maximum Gasteiger partial charge on any atom is 0.251 e. The molecular weight excluding hydrogens is 378 g/mol. The van der Waals surface area contributed by atoms with Gasteiger partial charge in [0.05, 0.1) is 13.7 Å². The predicted octanol–water partition coefficient (Wildman–Crippen LogP) is 3.51. The average molecular weight is 410 g/mol. The molecule has 0 saturated heterocycles. The first-order valence-electron chi connectivity index (χ1n) is 10.6. The molecule has 0 aromatic heterocycles. The molecule has 2 N–H and O–H groups in total. The van der Waals surface area contributed by atoms with E-state index in [0.29, 0.717) is 23.9 Å². The lowest BCUT2D eigenvalue weighted by atomic mass is 9.94. The minimum absolute atomic E-state index is 0.0621. The van der Waals surface area contributed by atoms with E-state index in [1.54, 1.807) is 31.4 Å². The maximum absolute atomic E-state index is 12.1. The highest BCUT2D eigenvalue weighted by atomic mass is 16.5. The SMILES string of the molecule is COc1ccc(C(=O)NCC(=O)NCc2ccc(N(C)C3CCCCC3)cc2)cc1. The van der Waals surface area contributed by atoms with Gasteiger partial charge in [-0.3, -0.25) is 9.59 Å². The lowest BCUT2D eigenvalue weighted by Crippen LogP contribution is -2.36. The summed E-state index contributed by atoms with van der Waals surface area (Å²) < 4.78 is 5.07. The van der Waals surface area contributed by atoms with Crippen molar-refractivity contribution in [1.82, 2.24) is 10.6 Å². The van der Waals surface area contributed by atoms with Gasteiger partial charge in [-0.2, -0.15) is 0 Å². The van der Waals surface area contributed by atoms with Crippen molar-refractivity contribution in [2.45, 2.75) is 44.7 Å². The molecule has 1 aliphatic rings. The molecular formula is C24H31N3O3. The third-order valence-electron chi connectivity index (χ3n) is 5.72. The predicted molar refractivity (Wildman–Crippen MR) is 119 cm³/mol. The molecule has 160 valence electrons. The molecule has 6 nitrogen and oxygen atoms in total. The van der Waals surface area contributed by atoms with Gasteiger partial charge in [-0.25, -0.2) is 0 Å². The largest absolute Gasteiger partial charge is 0.497 e. The zero-order valence-corrected chi connectivity index (χ0v) is 17.8. The van der Waals surface area contributed by atoms with Gasteiger partial charge < -0.3 is 20.3 Å². The summed E-state index contributed by atoms with van der Waals surface area (Å²) in [5, 5.41) is 5.48. The summed E-state index contributed by atoms with van der Waals surface area (Å²) in [5.41, 5.74) is 2.73. The molecule has 30 heavy (non-hydrogen) atoms. The third kappa shape index (κ3) is 5.99. The van der Waals surface area contributed by atoms with E-state index < -0.39 is 0 Å². The average Bonchev–Trinajstić information content (AvgIpc) is 2.81. The van der Waals surface area contributed by atoms with Crippen LogP contribution in [0.3, 0.4) is 0 Å². The Morgan fingerprint density at radius 1 is 0.967 bits per heavy atom. The van der Waals surface area contributed by atoms with Crippen molar-refractivity contribution in [2.24, 2.45) is 0 Å². The zero-order chi connectivity index (χ0) is 21.3. The highest BCUT2D eigenvalue weighted by molar-refractivity contribution is 5.96. The molecule has 2 aromatic carbocycles. The molecule has 0 aliphatic heterocycles. The molecule has 0 bridgehead atoms. The third-order valence-corrected chi connectivity index (χ3v) is 5.72. The normalized spacial score (nSPS) is 14.1. The van der Waals surface area contributed by atoms with E-state index in [9.17, 15) is 9.59 Å². The Balaban J connectivity index is 1.42. The Hall–Kier alpha value is -3.02. The van der Waals surface area contributed by atoms with Gasteiger partial charge in [0.15, 0.2) is 0 Å². The van der Waals surface area contributed by atoms with Crippen molar-refractivity contribution in [2.75, 3.05) is 25.6 Å². The number of rotatable bonds is 8. The molecule has 0 atom stereocenters. The number of ether oxygens (including phenoxy) is 1. The van der Waals surface area contributed by atoms with Gasteiger partial charge in [-0.1, -0.05) is 31.4 Å². The van der Waals surface area contributed by atoms with E-state index in [2.05, 4.69) is 34.7 Å². The summed E-state index contributed by atoms with van der Waals surface area (Å²) in [4.78, 5) is 26.6. The van der Waals surface area contributed by atoms with Gasteiger partial charge in [-0.05, 0) is 54.8 Å². The van der Waals surface area contributed by atoms with Crippen LogP contribution in [0.1, 0.15) is 48.0 Å². The summed E-state index contributed by atoms with van der Waals surface area (Å²) in [7, 11) is 3.74. The van der Waals surface area contributed by atoms with Gasteiger partial charge in [0.2, 0.25) is 5.91 Å². The molecule has 1 aliphatic carbocycles. The van der Waals surface area contributed by atoms with Crippen molar-refractivity contribution in [3.8, 4) is 5.75 Å². The number of hydrogen-bond donors (Lipinski definition) is 2. The number of anilines is 1. The number of carbonyl (C=O) groups excluding carboxylic acids is 2. The van der Waals surface area contributed by atoms with Gasteiger partial charge in [-0.15, -0.1) is 0 Å². The molecule has 0 heterocycles. The Morgan fingerprint density at radius 3 is 2.27 bits per heavy atom. The lowest BCUT2D eigenvalue weighted by molar-refractivity contribution is -0.120. The molecule has 2 aromatic rings. The molecule has 1 fully saturated rings. The Morgan fingerprint density at radius 2 is 1.63 bits per heavy atom. The fourth-order valence-electron chi connectivity index (χ4n) is 3.80. The Kier molecular flexibility index (Phi) is 7.71. The standard InChI is InChI=1S/C24H31N3O3/c1-27(20-6-4-3-5-7-20)21-12-8-18(9-13-21)16-25-23(28)17-26-24(29)19-10-14-22(30-2)15-11-19/h8-15,20H,3-7,16-17H2,1-2H3,(H,25,28)(H,26,29). The molecule has 3 rings (SSSR count). The fourth-order valence-corrected chi connectivity index (χ4v) is 3.80. The second kappa shape index (κ2) is 10.7. The number of hydrogen-bond acceptors (Lipinski definition) is 4. The molecule has 2 amide bonds. The van der Waals surface area contributed by atoms with E-state index >= 15 is 0 Å². The summed E-state index contributed by atoms with van der Waals surface area (Å²) in [6, 6.07) is 15.7. The number of nitrogens with one attached hydrogen (secondary N) is 2. The van der Waals surface area contributed by atoms with Crippen LogP contribution < -0.4 is 20.3 Å². The van der Waals surface area contributed by atoms with Crippen LogP contribution >= 0.6 is 0 Å². The number of nitrogens with zero attached hydrogens (tertiary/aromatic N) is 1. The van der Waals surface area contributed by atoms with Crippen LogP contribution in [0.5, 0.6) is 5.75 Å². The number of amides is 2. The first-order valence-corrected chi connectivity index (χ1v) is 10.6. The van der Waals surface area contributed by atoms with Crippen molar-refractivity contribution in [3.05, 3.63) is 59.7 Å². The van der Waals surface area contributed by atoms with Crippen LogP contribution in [-0.4, -0.2) is 38.6 Å². The van der Waals surface area contributed by atoms with Crippen LogP contribution in [0.2, 0.25) is 0 Å². The number of carbonyl (C=O) groups is 2. The van der Waals surface area contributed by atoms with Crippen LogP contribution in [0, 0.1) is 0 Å². The molecule has 1 saturated carbocycles. The van der Waals surface area contributed by atoms with Crippen LogP contribution in [-0.2, 0) is 11.3 Å². The van der Waals surface area contributed by atoms with E-state index in [1.165, 1.54) is 37.8 Å². The van der Waals surface area contributed by atoms with Crippen LogP contribution in [0.15, 0.2) is 48.5 Å². The smallest absolute Gasteiger partial charge is 0.251 e. The summed E-state index contributed by atoms with van der Waals surface area (Å²) in [6.45, 7) is 0.373. The van der Waals surface area contributed by atoms with Gasteiger partial charge in [0, 0.05) is 30.9 Å². The lowest BCUT2D eigenvalue weighted by Gasteiger charge is -2.33. The van der Waals surface area contributed by atoms with E-state index in [0.717, 1.165) is 5.56 Å². The van der Waals surface area contributed by atoms with Crippen LogP contribution in [0.4, 0.5) is 5.69 Å². The minimum atomic E-state index is -0.289. The number of benzene rings is 2. The molecule has 0 spiro atoms. The summed E-state index contributed by atoms with van der Waals surface area (Å²) in [6.07, 6.45) is 6.50. The van der Waals surface area contributed by atoms with Gasteiger partial charge >= 0.3 is 0 Å². The second-order valence-corrected chi connectivity index (χ2v) is 7.76. The summed E-state index contributed by atoms with van der Waals surface area (Å²) in [5.74, 6) is 0.170. The highest BCUT2D eigenvalue weighted by Crippen LogP contribution is 2.26. The first-order chi connectivity index (χ1) is 14.6. The molecule has 0 unspecified atom stereocenters. The van der Waals surface area contributed by atoms with Crippen LogP contribution in [0.25, 0.3) is 0 Å². The maximum atomic E-state index is 12.1. The number of methoxy groups -OCH3 is 1. The quantitative estimate of drug-likeness (QED) is 0.700. The molecule has 0 radical (unpaired) electrons.